The fraction of sp³-hybridized carbons (Fsp3) is 0.786. The van der Waals surface area contributed by atoms with Gasteiger partial charge in [-0.15, -0.1) is 11.3 Å². The van der Waals surface area contributed by atoms with Gasteiger partial charge < -0.3 is 10.1 Å². The zero-order valence-corrected chi connectivity index (χ0v) is 13.3. The third-order valence-electron chi connectivity index (χ3n) is 2.74. The van der Waals surface area contributed by atoms with E-state index in [1.807, 2.05) is 14.0 Å². The van der Waals surface area contributed by atoms with Gasteiger partial charge in [-0.1, -0.05) is 13.8 Å². The molecule has 0 radical (unpaired) electrons. The Morgan fingerprint density at radius 1 is 1.39 bits per heavy atom. The first-order valence-corrected chi connectivity index (χ1v) is 7.50. The zero-order valence-electron chi connectivity index (χ0n) is 12.5. The van der Waals surface area contributed by atoms with Crippen LogP contribution in [0, 0.1) is 5.92 Å². The van der Waals surface area contributed by atoms with Gasteiger partial charge in [-0.25, -0.2) is 4.98 Å². The fourth-order valence-corrected chi connectivity index (χ4v) is 3.07. The molecular weight excluding hydrogens is 244 g/mol. The van der Waals surface area contributed by atoms with Gasteiger partial charge in [0.2, 0.25) is 0 Å². The maximum Gasteiger partial charge on any atom is 0.125 e. The SMILES string of the molecule is CCOC(C)(C)c1nc(CC(C)C)c(CNC)s1. The Bertz CT molecular complexity index is 372. The highest BCUT2D eigenvalue weighted by molar-refractivity contribution is 7.11. The molecule has 1 aromatic heterocycles. The Hall–Kier alpha value is -0.450. The van der Waals surface area contributed by atoms with Crippen LogP contribution in [0.3, 0.4) is 0 Å². The Kier molecular flexibility index (Phi) is 5.76. The molecule has 0 saturated heterocycles. The van der Waals surface area contributed by atoms with Crippen LogP contribution in [0.25, 0.3) is 0 Å². The topological polar surface area (TPSA) is 34.1 Å². The first-order chi connectivity index (χ1) is 8.40. The Morgan fingerprint density at radius 2 is 2.06 bits per heavy atom. The van der Waals surface area contributed by atoms with Gasteiger partial charge >= 0.3 is 0 Å². The first-order valence-electron chi connectivity index (χ1n) is 6.68. The summed E-state index contributed by atoms with van der Waals surface area (Å²) >= 11 is 1.77. The van der Waals surface area contributed by atoms with Crippen molar-refractivity contribution in [2.45, 2.75) is 53.2 Å². The minimum Gasteiger partial charge on any atom is -0.369 e. The van der Waals surface area contributed by atoms with Crippen LogP contribution >= 0.6 is 11.3 Å². The van der Waals surface area contributed by atoms with Crippen molar-refractivity contribution in [3.05, 3.63) is 15.6 Å². The van der Waals surface area contributed by atoms with Crippen LogP contribution in [0.15, 0.2) is 0 Å². The standard InChI is InChI=1S/C14H26N2OS/c1-7-17-14(4,5)13-16-11(8-10(2)3)12(18-13)9-15-6/h10,15H,7-9H2,1-6H3. The quantitative estimate of drug-likeness (QED) is 0.825. The molecule has 0 aromatic carbocycles. The molecular formula is C14H26N2OS. The lowest BCUT2D eigenvalue weighted by atomic mass is 10.1. The molecule has 18 heavy (non-hydrogen) atoms. The lowest BCUT2D eigenvalue weighted by Crippen LogP contribution is -2.21. The molecule has 1 N–H and O–H groups in total. The average molecular weight is 270 g/mol. The van der Waals surface area contributed by atoms with Crippen LogP contribution in [0.1, 0.15) is 50.2 Å². The molecule has 0 fully saturated rings. The van der Waals surface area contributed by atoms with Crippen LogP contribution < -0.4 is 5.32 Å². The van der Waals surface area contributed by atoms with E-state index in [0.717, 1.165) is 18.0 Å². The van der Waals surface area contributed by atoms with Gasteiger partial charge in [-0.2, -0.15) is 0 Å². The van der Waals surface area contributed by atoms with Gasteiger partial charge in [0.25, 0.3) is 0 Å². The van der Waals surface area contributed by atoms with E-state index in [9.17, 15) is 0 Å². The van der Waals surface area contributed by atoms with E-state index < -0.39 is 0 Å². The summed E-state index contributed by atoms with van der Waals surface area (Å²) in [4.78, 5) is 6.15. The molecule has 4 heteroatoms. The number of nitrogens with one attached hydrogen (secondary N) is 1. The van der Waals surface area contributed by atoms with E-state index in [4.69, 9.17) is 9.72 Å². The zero-order chi connectivity index (χ0) is 13.8. The molecule has 0 unspecified atom stereocenters. The molecule has 1 aromatic rings. The second-order valence-corrected chi connectivity index (χ2v) is 6.54. The third kappa shape index (κ3) is 4.04. The maximum atomic E-state index is 5.79. The summed E-state index contributed by atoms with van der Waals surface area (Å²) in [7, 11) is 1.98. The highest BCUT2D eigenvalue weighted by Gasteiger charge is 2.26. The molecule has 0 saturated carbocycles. The Morgan fingerprint density at radius 3 is 2.56 bits per heavy atom. The summed E-state index contributed by atoms with van der Waals surface area (Å²) in [5, 5.41) is 4.31. The smallest absolute Gasteiger partial charge is 0.125 e. The second kappa shape index (κ2) is 6.64. The van der Waals surface area contributed by atoms with Crippen LogP contribution in [-0.4, -0.2) is 18.6 Å². The highest BCUT2D eigenvalue weighted by Crippen LogP contribution is 2.31. The molecule has 1 rings (SSSR count). The summed E-state index contributed by atoms with van der Waals surface area (Å²) in [6.45, 7) is 12.3. The number of aromatic nitrogens is 1. The third-order valence-corrected chi connectivity index (χ3v) is 4.14. The lowest BCUT2D eigenvalue weighted by Gasteiger charge is -2.21. The molecule has 3 nitrogen and oxygen atoms in total. The van der Waals surface area contributed by atoms with Crippen molar-refractivity contribution in [3.8, 4) is 0 Å². The van der Waals surface area contributed by atoms with E-state index in [1.165, 1.54) is 10.6 Å². The van der Waals surface area contributed by atoms with Crippen LogP contribution in [0.2, 0.25) is 0 Å². The minimum atomic E-state index is -0.281. The number of rotatable bonds is 7. The van der Waals surface area contributed by atoms with Gasteiger partial charge in [0.05, 0.1) is 5.69 Å². The fourth-order valence-electron chi connectivity index (χ4n) is 1.91. The summed E-state index contributed by atoms with van der Waals surface area (Å²) in [6.07, 6.45) is 1.04. The summed E-state index contributed by atoms with van der Waals surface area (Å²) in [5.74, 6) is 0.630. The predicted molar refractivity (Wildman–Crippen MR) is 78.1 cm³/mol. The molecule has 0 spiro atoms. The Labute approximate surface area is 115 Å². The van der Waals surface area contributed by atoms with Crippen molar-refractivity contribution in [2.75, 3.05) is 13.7 Å². The molecule has 0 amide bonds. The maximum absolute atomic E-state index is 5.79. The van der Waals surface area contributed by atoms with Crippen LogP contribution in [0.4, 0.5) is 0 Å². The van der Waals surface area contributed by atoms with Crippen LogP contribution in [0.5, 0.6) is 0 Å². The second-order valence-electron chi connectivity index (χ2n) is 5.46. The minimum absolute atomic E-state index is 0.281. The number of hydrogen-bond acceptors (Lipinski definition) is 4. The van der Waals surface area contributed by atoms with Gasteiger partial charge in [0.1, 0.15) is 10.6 Å². The number of hydrogen-bond donors (Lipinski definition) is 1. The molecule has 0 aliphatic rings. The van der Waals surface area contributed by atoms with Crippen molar-refractivity contribution in [1.29, 1.82) is 0 Å². The van der Waals surface area contributed by atoms with Crippen molar-refractivity contribution in [2.24, 2.45) is 5.92 Å². The van der Waals surface area contributed by atoms with Crippen molar-refractivity contribution in [1.82, 2.24) is 10.3 Å². The van der Waals surface area contributed by atoms with Crippen molar-refractivity contribution >= 4 is 11.3 Å². The average Bonchev–Trinajstić information content (AvgIpc) is 2.62. The monoisotopic (exact) mass is 270 g/mol. The largest absolute Gasteiger partial charge is 0.369 e. The molecule has 0 bridgehead atoms. The first kappa shape index (κ1) is 15.6. The van der Waals surface area contributed by atoms with Gasteiger partial charge in [-0.3, -0.25) is 0 Å². The van der Waals surface area contributed by atoms with E-state index in [1.54, 1.807) is 11.3 Å². The predicted octanol–water partition coefficient (Wildman–Crippen LogP) is 3.33. The van der Waals surface area contributed by atoms with E-state index in [2.05, 4.69) is 33.0 Å². The normalized spacial score (nSPS) is 12.4. The lowest BCUT2D eigenvalue weighted by molar-refractivity contribution is -0.0142. The van der Waals surface area contributed by atoms with E-state index >= 15 is 0 Å². The number of thiazole rings is 1. The van der Waals surface area contributed by atoms with Gasteiger partial charge in [0.15, 0.2) is 0 Å². The molecule has 1 heterocycles. The molecule has 0 atom stereocenters. The molecule has 0 aliphatic heterocycles. The molecule has 104 valence electrons. The number of ether oxygens (including phenoxy) is 1. The van der Waals surface area contributed by atoms with Crippen LogP contribution in [-0.2, 0) is 23.3 Å². The van der Waals surface area contributed by atoms with Gasteiger partial charge in [-0.05, 0) is 40.2 Å². The van der Waals surface area contributed by atoms with Gasteiger partial charge in [0, 0.05) is 18.0 Å². The number of nitrogens with zero attached hydrogens (tertiary/aromatic N) is 1. The van der Waals surface area contributed by atoms with E-state index in [-0.39, 0.29) is 5.60 Å². The Balaban J connectivity index is 3.00. The summed E-state index contributed by atoms with van der Waals surface area (Å²) in [5.41, 5.74) is 0.948. The summed E-state index contributed by atoms with van der Waals surface area (Å²) < 4.78 is 5.79. The molecule has 0 aliphatic carbocycles. The van der Waals surface area contributed by atoms with E-state index in [0.29, 0.717) is 12.5 Å². The van der Waals surface area contributed by atoms with Crippen molar-refractivity contribution < 1.29 is 4.74 Å². The highest BCUT2D eigenvalue weighted by atomic mass is 32.1. The van der Waals surface area contributed by atoms with Crippen molar-refractivity contribution in [3.63, 3.8) is 0 Å². The summed E-state index contributed by atoms with van der Waals surface area (Å²) in [6, 6.07) is 0.